The Kier molecular flexibility index (Phi) is 7.26. The van der Waals surface area contributed by atoms with Gasteiger partial charge in [-0.3, -0.25) is 30.0 Å². The van der Waals surface area contributed by atoms with Gasteiger partial charge in [-0.1, -0.05) is 0 Å². The van der Waals surface area contributed by atoms with Gasteiger partial charge < -0.3 is 27.4 Å². The molecule has 0 saturated heterocycles. The van der Waals surface area contributed by atoms with Crippen LogP contribution in [0.2, 0.25) is 0 Å². The molecule has 270 valence electrons. The van der Waals surface area contributed by atoms with Crippen molar-refractivity contribution in [2.75, 3.05) is 0 Å². The van der Waals surface area contributed by atoms with Gasteiger partial charge in [0.05, 0.1) is 0 Å². The van der Waals surface area contributed by atoms with Gasteiger partial charge in [0, 0.05) is 114 Å². The van der Waals surface area contributed by atoms with Gasteiger partial charge in [-0.2, -0.15) is 0 Å². The highest BCUT2D eigenvalue weighted by Crippen LogP contribution is 2.39. The molecule has 12 nitrogen and oxygen atoms in total. The van der Waals surface area contributed by atoms with Crippen molar-refractivity contribution in [1.29, 1.82) is 0 Å². The summed E-state index contributed by atoms with van der Waals surface area (Å²) >= 11 is 0. The Morgan fingerprint density at radius 2 is 0.426 bits per heavy atom. The molecule has 0 aliphatic carbocycles. The number of benzene rings is 1. The van der Waals surface area contributed by atoms with E-state index in [0.29, 0.717) is 0 Å². The maximum atomic E-state index is 5.68. The molecule has 7 aromatic rings. The number of hydrogen-bond acceptors (Lipinski definition) is 6. The van der Waals surface area contributed by atoms with Crippen molar-refractivity contribution >= 4 is 0 Å². The van der Waals surface area contributed by atoms with Crippen LogP contribution in [0.3, 0.4) is 0 Å². The van der Waals surface area contributed by atoms with Crippen molar-refractivity contribution in [2.45, 2.75) is 36.3 Å². The molecule has 0 radical (unpaired) electrons. The minimum Gasteiger partial charge on any atom is -0.353 e. The Labute approximate surface area is 311 Å². The fourth-order valence-corrected chi connectivity index (χ4v) is 8.72. The van der Waals surface area contributed by atoms with Crippen molar-refractivity contribution in [3.8, 4) is 0 Å². The summed E-state index contributed by atoms with van der Waals surface area (Å²) in [5.41, 5.74) is 6.43. The van der Waals surface area contributed by atoms with Crippen LogP contribution >= 0.6 is 0 Å². The second kappa shape index (κ2) is 12.1. The van der Waals surface area contributed by atoms with Gasteiger partial charge in [0.1, 0.15) is 68.4 Å². The highest BCUT2D eigenvalue weighted by Gasteiger charge is 2.36. The third-order valence-corrected chi connectivity index (χ3v) is 11.6. The largest absolute Gasteiger partial charge is 0.353 e. The van der Waals surface area contributed by atoms with Crippen LogP contribution in [0.25, 0.3) is 0 Å². The van der Waals surface area contributed by atoms with Crippen LogP contribution in [0.1, 0.15) is 70.4 Å². The molecule has 0 saturated carbocycles. The van der Waals surface area contributed by atoms with Gasteiger partial charge in [0.15, 0.2) is 0 Å². The van der Waals surface area contributed by atoms with Gasteiger partial charge in [-0.25, -0.2) is 0 Å². The molecule has 9 heterocycles. The zero-order chi connectivity index (χ0) is 36.8. The first-order valence-electron chi connectivity index (χ1n) is 18.4. The Bertz CT molecular complexity index is 2420. The third kappa shape index (κ3) is 4.82. The number of hydrogen-bond donors (Lipinski definition) is 0. The highest BCUT2D eigenvalue weighted by molar-refractivity contribution is 5.29. The smallest absolute Gasteiger partial charge is 0.119 e. The molecule has 0 bridgehead atoms. The second-order valence-corrected chi connectivity index (χ2v) is 14.8. The van der Waals surface area contributed by atoms with Crippen LogP contribution in [0.5, 0.6) is 0 Å². The van der Waals surface area contributed by atoms with Gasteiger partial charge in [0.2, 0.25) is 0 Å². The average molecular weight is 715 g/mol. The Morgan fingerprint density at radius 3 is 0.537 bits per heavy atom. The van der Waals surface area contributed by atoms with E-state index in [2.05, 4.69) is 180 Å². The van der Waals surface area contributed by atoms with Crippen LogP contribution in [0.4, 0.5) is 0 Å². The topological polar surface area (TPSA) is 104 Å². The van der Waals surface area contributed by atoms with E-state index in [9.17, 15) is 0 Å². The van der Waals surface area contributed by atoms with Crippen molar-refractivity contribution < 1.29 is 0 Å². The molecule has 54 heavy (non-hydrogen) atoms. The lowest BCUT2D eigenvalue weighted by molar-refractivity contribution is 0.454. The van der Waals surface area contributed by atoms with Crippen molar-refractivity contribution in [1.82, 2.24) is 27.4 Å². The van der Waals surface area contributed by atoms with E-state index in [1.807, 2.05) is 0 Å². The van der Waals surface area contributed by atoms with Crippen LogP contribution < -0.4 is 32.1 Å². The number of aromatic nitrogens is 6. The average Bonchev–Trinajstić information content (AvgIpc) is 4.03. The number of fused-ring (bicyclic) bond motifs is 6. The normalized spacial score (nSPS) is 22.8. The van der Waals surface area contributed by atoms with E-state index in [-0.39, 0.29) is 36.3 Å². The quantitative estimate of drug-likeness (QED) is 0.253. The van der Waals surface area contributed by atoms with Gasteiger partial charge in [0.25, 0.3) is 0 Å². The molecule has 1 aromatic carbocycles. The maximum Gasteiger partial charge on any atom is 0.119 e. The highest BCUT2D eigenvalue weighted by atomic mass is 15.1. The minimum absolute atomic E-state index is 0.303. The summed E-state index contributed by atoms with van der Waals surface area (Å²) in [6.07, 6.45) is 12.4. The molecule has 0 fully saturated rings. The predicted molar refractivity (Wildman–Crippen MR) is 202 cm³/mol. The Hall–Kier alpha value is -6.30. The first-order valence-corrected chi connectivity index (χ1v) is 18.4. The standard InChI is InChI=1S/C42H42N12/c1-49-19-7-13-25(49)31-32(26-14-8-20-50(26)2)44-38-37(43-31)39-41(47-34(28-16-10-22-52(28)4)33(45-39)27-15-9-21-51(27)3)42-40(38)46-35(29-17-11-23-53(29)5)36(48-42)30-18-12-24-54(30)6/h7-24,31-36H,1-6H3. The van der Waals surface area contributed by atoms with Crippen LogP contribution in [0, 0.1) is 0 Å². The zero-order valence-electron chi connectivity index (χ0n) is 31.2. The molecular formula is C42H42N12. The first-order chi connectivity index (χ1) is 26.3. The van der Waals surface area contributed by atoms with E-state index in [0.717, 1.165) is 66.3 Å². The van der Waals surface area contributed by atoms with Crippen LogP contribution in [-0.2, 0) is 42.3 Å². The Morgan fingerprint density at radius 1 is 0.278 bits per heavy atom. The van der Waals surface area contributed by atoms with Gasteiger partial charge in [-0.15, -0.1) is 0 Å². The molecule has 0 N–H and O–H groups in total. The van der Waals surface area contributed by atoms with E-state index in [1.54, 1.807) is 0 Å². The van der Waals surface area contributed by atoms with E-state index in [1.165, 1.54) is 0 Å². The summed E-state index contributed by atoms with van der Waals surface area (Å²) in [6.45, 7) is 0. The van der Waals surface area contributed by atoms with Crippen molar-refractivity contribution in [2.24, 2.45) is 72.2 Å². The first kappa shape index (κ1) is 32.4. The lowest BCUT2D eigenvalue weighted by Gasteiger charge is -2.29. The summed E-state index contributed by atoms with van der Waals surface area (Å²) < 4.78 is 12.9. The molecule has 10 rings (SSSR count). The SMILES string of the molecule is Cn1cccc1C1N=c2c3c(c4c(c2=NC1c1cccn1C)=NC(c1cccn1C)C(c1cccn1C)N=4)=NC(c1cccn1C)C(c1cccn1C)N=3. The number of rotatable bonds is 6. The molecule has 3 aliphatic rings. The van der Waals surface area contributed by atoms with Crippen LogP contribution in [-0.4, -0.2) is 27.4 Å². The van der Waals surface area contributed by atoms with E-state index < -0.39 is 0 Å². The molecule has 0 spiro atoms. The summed E-state index contributed by atoms with van der Waals surface area (Å²) in [7, 11) is 12.4. The fourth-order valence-electron chi connectivity index (χ4n) is 8.72. The number of nitrogens with zero attached hydrogens (tertiary/aromatic N) is 12. The van der Waals surface area contributed by atoms with Gasteiger partial charge >= 0.3 is 0 Å². The van der Waals surface area contributed by atoms with Crippen LogP contribution in [0.15, 0.2) is 140 Å². The molecule has 12 heteroatoms. The number of aryl methyl sites for hydroxylation is 6. The minimum atomic E-state index is -0.303. The fraction of sp³-hybridized carbons (Fsp3) is 0.286. The predicted octanol–water partition coefficient (Wildman–Crippen LogP) is 2.92. The summed E-state index contributed by atoms with van der Waals surface area (Å²) in [4.78, 5) is 34.1. The Balaban J connectivity index is 1.39. The van der Waals surface area contributed by atoms with E-state index >= 15 is 0 Å². The monoisotopic (exact) mass is 714 g/mol. The summed E-state index contributed by atoms with van der Waals surface area (Å²) in [6, 6.07) is 23.5. The second-order valence-electron chi connectivity index (χ2n) is 14.8. The lowest BCUT2D eigenvalue weighted by atomic mass is 9.97. The third-order valence-electron chi connectivity index (χ3n) is 11.6. The molecule has 3 aliphatic heterocycles. The lowest BCUT2D eigenvalue weighted by Crippen LogP contribution is -2.68. The van der Waals surface area contributed by atoms with Gasteiger partial charge in [-0.05, 0) is 72.8 Å². The molecular weight excluding hydrogens is 673 g/mol. The molecule has 6 aromatic heterocycles. The molecule has 6 atom stereocenters. The van der Waals surface area contributed by atoms with Crippen molar-refractivity contribution in [3.63, 3.8) is 0 Å². The maximum absolute atomic E-state index is 5.68. The summed E-state index contributed by atoms with van der Waals surface area (Å²) in [5, 5.41) is 4.31. The summed E-state index contributed by atoms with van der Waals surface area (Å²) in [5.74, 6) is 0. The van der Waals surface area contributed by atoms with E-state index in [4.69, 9.17) is 30.0 Å². The van der Waals surface area contributed by atoms with Crippen molar-refractivity contribution in [3.05, 3.63) is 176 Å². The molecule has 6 unspecified atom stereocenters. The zero-order valence-corrected chi connectivity index (χ0v) is 31.2. The molecule has 0 amide bonds.